The number of nitrogens with one attached hydrogen (secondary N) is 3. The van der Waals surface area contributed by atoms with Crippen molar-refractivity contribution in [2.45, 2.75) is 57.7 Å². The molecule has 1 saturated heterocycles. The number of piperidine rings is 1. The zero-order valence-electron chi connectivity index (χ0n) is 15.1. The summed E-state index contributed by atoms with van der Waals surface area (Å²) in [6.45, 7) is 8.63. The van der Waals surface area contributed by atoms with Crippen LogP contribution in [0.2, 0.25) is 5.02 Å². The lowest BCUT2D eigenvalue weighted by atomic mass is 9.80. The molecular formula is C19H25ClN4O. The summed E-state index contributed by atoms with van der Waals surface area (Å²) in [7, 11) is 0. The third-order valence-electron chi connectivity index (χ3n) is 4.12. The second kappa shape index (κ2) is 7.47. The average Bonchev–Trinajstić information content (AvgIpc) is 2.47. The number of nitriles is 1. The number of halogens is 1. The third kappa shape index (κ3) is 5.77. The summed E-state index contributed by atoms with van der Waals surface area (Å²) in [6.07, 6.45) is 3.34. The normalized spacial score (nSPS) is 19.8. The van der Waals surface area contributed by atoms with Crippen molar-refractivity contribution < 1.29 is 4.79 Å². The lowest BCUT2D eigenvalue weighted by Gasteiger charge is -2.46. The first-order valence-electron chi connectivity index (χ1n) is 8.33. The number of amides is 1. The molecular weight excluding hydrogens is 336 g/mol. The topological polar surface area (TPSA) is 77.0 Å². The maximum absolute atomic E-state index is 12.3. The molecule has 0 atom stereocenters. The van der Waals surface area contributed by atoms with E-state index in [2.05, 4.69) is 43.6 Å². The third-order valence-corrected chi connectivity index (χ3v) is 4.37. The minimum atomic E-state index is -0.440. The second-order valence-corrected chi connectivity index (χ2v) is 8.23. The standard InChI is InChI=1S/C19H25ClN4O/c1-18(2)9-16(10-19(3,4)24-18)22-12-13(11-21)17(25)23-15-7-5-14(20)6-8-15/h5-8,12,16,22,24H,9-10H2,1-4H3,(H,23,25)/b13-12-. The Labute approximate surface area is 154 Å². The molecule has 0 aliphatic carbocycles. The van der Waals surface area contributed by atoms with E-state index in [0.29, 0.717) is 10.7 Å². The summed E-state index contributed by atoms with van der Waals surface area (Å²) in [4.78, 5) is 12.3. The fraction of sp³-hybridized carbons (Fsp3) is 0.474. The van der Waals surface area contributed by atoms with Gasteiger partial charge in [0.25, 0.3) is 5.91 Å². The highest BCUT2D eigenvalue weighted by Crippen LogP contribution is 2.28. The molecule has 0 spiro atoms. The second-order valence-electron chi connectivity index (χ2n) is 7.80. The molecule has 5 nitrogen and oxygen atoms in total. The number of hydrogen-bond donors (Lipinski definition) is 3. The fourth-order valence-electron chi connectivity index (χ4n) is 3.52. The Kier molecular flexibility index (Phi) is 5.76. The summed E-state index contributed by atoms with van der Waals surface area (Å²) in [6, 6.07) is 8.91. The molecule has 1 fully saturated rings. The van der Waals surface area contributed by atoms with Gasteiger partial charge < -0.3 is 16.0 Å². The molecule has 1 aromatic rings. The van der Waals surface area contributed by atoms with Gasteiger partial charge in [-0.2, -0.15) is 5.26 Å². The summed E-state index contributed by atoms with van der Waals surface area (Å²) in [5.74, 6) is -0.440. The van der Waals surface area contributed by atoms with E-state index in [-0.39, 0.29) is 22.7 Å². The number of anilines is 1. The number of nitrogens with zero attached hydrogens (tertiary/aromatic N) is 1. The Hall–Kier alpha value is -2.03. The predicted octanol–water partition coefficient (Wildman–Crippen LogP) is 3.58. The lowest BCUT2D eigenvalue weighted by molar-refractivity contribution is -0.112. The van der Waals surface area contributed by atoms with E-state index < -0.39 is 5.91 Å². The molecule has 0 radical (unpaired) electrons. The molecule has 1 aromatic carbocycles. The number of carbonyl (C=O) groups excluding carboxylic acids is 1. The first kappa shape index (κ1) is 19.3. The van der Waals surface area contributed by atoms with Crippen molar-refractivity contribution in [3.8, 4) is 6.07 Å². The van der Waals surface area contributed by atoms with Gasteiger partial charge in [0, 0.05) is 34.0 Å². The van der Waals surface area contributed by atoms with Gasteiger partial charge in [-0.05, 0) is 64.8 Å². The smallest absolute Gasteiger partial charge is 0.267 e. The zero-order valence-corrected chi connectivity index (χ0v) is 15.9. The molecule has 25 heavy (non-hydrogen) atoms. The molecule has 1 heterocycles. The predicted molar refractivity (Wildman–Crippen MR) is 101 cm³/mol. The van der Waals surface area contributed by atoms with Crippen LogP contribution in [0.5, 0.6) is 0 Å². The van der Waals surface area contributed by atoms with Gasteiger partial charge in [-0.15, -0.1) is 0 Å². The summed E-state index contributed by atoms with van der Waals surface area (Å²) < 4.78 is 0. The Morgan fingerprint density at radius 1 is 1.24 bits per heavy atom. The van der Waals surface area contributed by atoms with E-state index in [1.54, 1.807) is 24.3 Å². The van der Waals surface area contributed by atoms with Crippen LogP contribution in [-0.4, -0.2) is 23.0 Å². The van der Waals surface area contributed by atoms with Crippen LogP contribution >= 0.6 is 11.6 Å². The molecule has 1 aliphatic heterocycles. The summed E-state index contributed by atoms with van der Waals surface area (Å²) >= 11 is 5.83. The quantitative estimate of drug-likeness (QED) is 0.566. The monoisotopic (exact) mass is 360 g/mol. The van der Waals surface area contributed by atoms with Crippen LogP contribution < -0.4 is 16.0 Å². The zero-order chi connectivity index (χ0) is 18.7. The van der Waals surface area contributed by atoms with Gasteiger partial charge in [-0.1, -0.05) is 11.6 Å². The fourth-order valence-corrected chi connectivity index (χ4v) is 3.65. The van der Waals surface area contributed by atoms with Gasteiger partial charge >= 0.3 is 0 Å². The van der Waals surface area contributed by atoms with Gasteiger partial charge in [0.15, 0.2) is 0 Å². The molecule has 1 amide bonds. The van der Waals surface area contributed by atoms with E-state index in [0.717, 1.165) is 12.8 Å². The highest BCUT2D eigenvalue weighted by atomic mass is 35.5. The van der Waals surface area contributed by atoms with Crippen molar-refractivity contribution in [2.24, 2.45) is 0 Å². The van der Waals surface area contributed by atoms with E-state index >= 15 is 0 Å². The van der Waals surface area contributed by atoms with Gasteiger partial charge in [-0.25, -0.2) is 0 Å². The Bertz CT molecular complexity index is 685. The van der Waals surface area contributed by atoms with E-state index in [4.69, 9.17) is 11.6 Å². The maximum Gasteiger partial charge on any atom is 0.267 e. The number of benzene rings is 1. The van der Waals surface area contributed by atoms with E-state index in [9.17, 15) is 10.1 Å². The van der Waals surface area contributed by atoms with E-state index in [1.807, 2.05) is 6.07 Å². The van der Waals surface area contributed by atoms with Crippen molar-refractivity contribution in [3.05, 3.63) is 41.1 Å². The van der Waals surface area contributed by atoms with Gasteiger partial charge in [0.05, 0.1) is 0 Å². The Morgan fingerprint density at radius 2 is 1.80 bits per heavy atom. The molecule has 0 unspecified atom stereocenters. The van der Waals surface area contributed by atoms with Crippen molar-refractivity contribution in [1.82, 2.24) is 10.6 Å². The first-order valence-corrected chi connectivity index (χ1v) is 8.71. The first-order chi connectivity index (χ1) is 11.6. The maximum atomic E-state index is 12.3. The average molecular weight is 361 g/mol. The molecule has 2 rings (SSSR count). The van der Waals surface area contributed by atoms with Crippen molar-refractivity contribution in [2.75, 3.05) is 5.32 Å². The highest BCUT2D eigenvalue weighted by Gasteiger charge is 2.37. The summed E-state index contributed by atoms with van der Waals surface area (Å²) in [5, 5.41) is 19.5. The van der Waals surface area contributed by atoms with Crippen molar-refractivity contribution >= 4 is 23.2 Å². The highest BCUT2D eigenvalue weighted by molar-refractivity contribution is 6.30. The molecule has 0 aromatic heterocycles. The van der Waals surface area contributed by atoms with Gasteiger partial charge in [0.1, 0.15) is 11.6 Å². The van der Waals surface area contributed by atoms with Crippen LogP contribution in [0.25, 0.3) is 0 Å². The van der Waals surface area contributed by atoms with E-state index in [1.165, 1.54) is 6.20 Å². The molecule has 0 bridgehead atoms. The molecule has 3 N–H and O–H groups in total. The minimum Gasteiger partial charge on any atom is -0.387 e. The Balaban J connectivity index is 2.03. The van der Waals surface area contributed by atoms with Crippen LogP contribution in [0.4, 0.5) is 5.69 Å². The van der Waals surface area contributed by atoms with Crippen molar-refractivity contribution in [1.29, 1.82) is 5.26 Å². The molecule has 1 aliphatic rings. The molecule has 6 heteroatoms. The van der Waals surface area contributed by atoms with Crippen LogP contribution in [0.3, 0.4) is 0 Å². The van der Waals surface area contributed by atoms with Gasteiger partial charge in [0.2, 0.25) is 0 Å². The van der Waals surface area contributed by atoms with Gasteiger partial charge in [-0.3, -0.25) is 4.79 Å². The Morgan fingerprint density at radius 3 is 2.32 bits per heavy atom. The van der Waals surface area contributed by atoms with Crippen LogP contribution in [0, 0.1) is 11.3 Å². The number of rotatable bonds is 4. The molecule has 134 valence electrons. The summed E-state index contributed by atoms with van der Waals surface area (Å²) in [5.41, 5.74) is 0.626. The van der Waals surface area contributed by atoms with Crippen LogP contribution in [0.1, 0.15) is 40.5 Å². The van der Waals surface area contributed by atoms with Crippen LogP contribution in [0.15, 0.2) is 36.0 Å². The SMILES string of the molecule is CC1(C)CC(N/C=C(/C#N)C(=O)Nc2ccc(Cl)cc2)CC(C)(C)N1. The lowest BCUT2D eigenvalue weighted by Crippen LogP contribution is -2.61. The van der Waals surface area contributed by atoms with Crippen molar-refractivity contribution in [3.63, 3.8) is 0 Å². The minimum absolute atomic E-state index is 0.00830. The largest absolute Gasteiger partial charge is 0.387 e. The van der Waals surface area contributed by atoms with Crippen LogP contribution in [-0.2, 0) is 4.79 Å². The number of carbonyl (C=O) groups is 1. The number of hydrogen-bond acceptors (Lipinski definition) is 4. The molecule has 0 saturated carbocycles.